The fourth-order valence-corrected chi connectivity index (χ4v) is 6.70. The second-order valence-corrected chi connectivity index (χ2v) is 13.4. The predicted molar refractivity (Wildman–Crippen MR) is 169 cm³/mol. The van der Waals surface area contributed by atoms with E-state index in [2.05, 4.69) is 10.3 Å². The number of aryl methyl sites for hydroxylation is 1. The van der Waals surface area contributed by atoms with Crippen molar-refractivity contribution in [1.82, 2.24) is 15.2 Å². The molecule has 2 amide bonds. The van der Waals surface area contributed by atoms with Gasteiger partial charge in [-0.3, -0.25) is 13.9 Å². The molecule has 1 aliphatic rings. The smallest absolute Gasteiger partial charge is 0.270 e. The molecule has 12 heteroatoms. The summed E-state index contributed by atoms with van der Waals surface area (Å²) in [6, 6.07) is 13.6. The largest absolute Gasteiger partial charge is 0.455 e. The number of piperidine rings is 1. The lowest BCUT2D eigenvalue weighted by Gasteiger charge is -2.34. The molecular formula is C33H32F2N4O5S. The van der Waals surface area contributed by atoms with Crippen LogP contribution >= 0.6 is 0 Å². The van der Waals surface area contributed by atoms with Gasteiger partial charge < -0.3 is 19.6 Å². The van der Waals surface area contributed by atoms with Crippen molar-refractivity contribution in [2.24, 2.45) is 0 Å². The number of nitrogens with zero attached hydrogens (tertiary/aromatic N) is 2. The summed E-state index contributed by atoms with van der Waals surface area (Å²) in [7, 11) is -0.782. The second kappa shape index (κ2) is 11.3. The van der Waals surface area contributed by atoms with Crippen LogP contribution in [0.4, 0.5) is 14.5 Å². The first-order valence-electron chi connectivity index (χ1n) is 14.5. The average molecular weight is 635 g/mol. The number of hydrogen-bond donors (Lipinski definition) is 2. The standard InChI is InChI=1S/C33H32F2N4O5S/c1-18-22-8-5-9-25(35)30(22)37-29(18)33(41)39-14-6-7-20(17-39)23-15-24-27(16-26(23)38(3)45(4,42)43)44-31(28(24)32(40)36-2)19-10-12-21(34)13-11-19/h5,8-13,15-16,20,37H,6-7,14,17H2,1-4H3,(H,36,40). The van der Waals surface area contributed by atoms with Crippen molar-refractivity contribution < 1.29 is 31.2 Å². The average Bonchev–Trinajstić information content (AvgIpc) is 3.57. The molecule has 1 fully saturated rings. The molecule has 1 aliphatic heterocycles. The summed E-state index contributed by atoms with van der Waals surface area (Å²) < 4.78 is 61.1. The number of amides is 2. The normalized spacial score (nSPS) is 15.5. The molecule has 6 rings (SSSR count). The van der Waals surface area contributed by atoms with E-state index in [0.717, 1.165) is 10.6 Å². The molecule has 9 nitrogen and oxygen atoms in total. The Morgan fingerprint density at radius 3 is 2.49 bits per heavy atom. The minimum atomic E-state index is -3.71. The molecule has 0 bridgehead atoms. The molecule has 0 aliphatic carbocycles. The second-order valence-electron chi connectivity index (χ2n) is 11.4. The lowest BCUT2D eigenvalue weighted by atomic mass is 9.88. The Morgan fingerprint density at radius 1 is 1.09 bits per heavy atom. The van der Waals surface area contributed by atoms with E-state index in [1.807, 2.05) is 0 Å². The zero-order valence-electron chi connectivity index (χ0n) is 25.2. The molecule has 1 saturated heterocycles. The lowest BCUT2D eigenvalue weighted by molar-refractivity contribution is 0.0701. The van der Waals surface area contributed by atoms with Crippen molar-refractivity contribution in [3.05, 3.63) is 88.6 Å². The van der Waals surface area contributed by atoms with Crippen LogP contribution in [0.1, 0.15) is 50.7 Å². The number of nitrogens with one attached hydrogen (secondary N) is 2. The summed E-state index contributed by atoms with van der Waals surface area (Å²) in [5.41, 5.74) is 3.20. The number of rotatable bonds is 6. The molecule has 5 aromatic rings. The Balaban J connectivity index is 1.47. The highest BCUT2D eigenvalue weighted by atomic mass is 32.2. The molecule has 2 N–H and O–H groups in total. The number of H-pyrrole nitrogens is 1. The minimum absolute atomic E-state index is 0.219. The summed E-state index contributed by atoms with van der Waals surface area (Å²) in [6.45, 7) is 2.51. The molecule has 0 radical (unpaired) electrons. The molecule has 1 unspecified atom stereocenters. The van der Waals surface area contributed by atoms with E-state index in [1.165, 1.54) is 44.4 Å². The maximum atomic E-state index is 14.5. The number of carbonyl (C=O) groups excluding carboxylic acids is 2. The Kier molecular flexibility index (Phi) is 7.64. The van der Waals surface area contributed by atoms with Crippen molar-refractivity contribution in [3.8, 4) is 11.3 Å². The molecule has 3 heterocycles. The molecule has 0 saturated carbocycles. The first-order chi connectivity index (χ1) is 21.4. The van der Waals surface area contributed by atoms with Gasteiger partial charge in [-0.15, -0.1) is 0 Å². The number of hydrogen-bond acceptors (Lipinski definition) is 5. The van der Waals surface area contributed by atoms with Gasteiger partial charge in [-0.25, -0.2) is 17.2 Å². The van der Waals surface area contributed by atoms with Crippen LogP contribution in [0.5, 0.6) is 0 Å². The highest BCUT2D eigenvalue weighted by molar-refractivity contribution is 7.92. The first-order valence-corrected chi connectivity index (χ1v) is 16.3. The molecule has 45 heavy (non-hydrogen) atoms. The van der Waals surface area contributed by atoms with E-state index in [-0.39, 0.29) is 40.8 Å². The summed E-state index contributed by atoms with van der Waals surface area (Å²) in [5, 5.41) is 3.73. The van der Waals surface area contributed by atoms with Crippen LogP contribution in [0.3, 0.4) is 0 Å². The van der Waals surface area contributed by atoms with E-state index in [0.29, 0.717) is 58.2 Å². The quantitative estimate of drug-likeness (QED) is 0.240. The van der Waals surface area contributed by atoms with Gasteiger partial charge in [0.05, 0.1) is 23.0 Å². The highest BCUT2D eigenvalue weighted by Gasteiger charge is 2.32. The number of likely N-dealkylation sites (tertiary alicyclic amines) is 1. The van der Waals surface area contributed by atoms with Gasteiger partial charge in [0, 0.05) is 55.5 Å². The molecule has 234 valence electrons. The topological polar surface area (TPSA) is 116 Å². The SMILES string of the molecule is CNC(=O)c1c(-c2ccc(F)cc2)oc2cc(N(C)S(C)(=O)=O)c(C3CCCN(C(=O)c4[nH]c5c(F)cccc5c4C)C3)cc12. The third kappa shape index (κ3) is 5.33. The lowest BCUT2D eigenvalue weighted by Crippen LogP contribution is -2.40. The number of anilines is 1. The number of sulfonamides is 1. The number of carbonyl (C=O) groups is 2. The molecule has 2 aromatic heterocycles. The van der Waals surface area contributed by atoms with Gasteiger partial charge in [0.1, 0.15) is 28.7 Å². The van der Waals surface area contributed by atoms with Crippen molar-refractivity contribution >= 4 is 49.4 Å². The van der Waals surface area contributed by atoms with Gasteiger partial charge >= 0.3 is 0 Å². The summed E-state index contributed by atoms with van der Waals surface area (Å²) in [5.74, 6) is -1.67. The van der Waals surface area contributed by atoms with Crippen molar-refractivity contribution in [2.45, 2.75) is 25.7 Å². The van der Waals surface area contributed by atoms with Gasteiger partial charge in [0.25, 0.3) is 11.8 Å². The number of furan rings is 1. The predicted octanol–water partition coefficient (Wildman–Crippen LogP) is 5.94. The summed E-state index contributed by atoms with van der Waals surface area (Å²) in [6.07, 6.45) is 2.38. The van der Waals surface area contributed by atoms with E-state index < -0.39 is 27.6 Å². The summed E-state index contributed by atoms with van der Waals surface area (Å²) >= 11 is 0. The van der Waals surface area contributed by atoms with Gasteiger partial charge in [0.2, 0.25) is 10.0 Å². The Labute approximate surface area is 258 Å². The van der Waals surface area contributed by atoms with Gasteiger partial charge in [-0.2, -0.15) is 0 Å². The van der Waals surface area contributed by atoms with Crippen LogP contribution in [0, 0.1) is 18.6 Å². The van der Waals surface area contributed by atoms with Crippen LogP contribution in [-0.4, -0.2) is 63.6 Å². The first kappa shape index (κ1) is 30.3. The zero-order chi connectivity index (χ0) is 32.2. The van der Waals surface area contributed by atoms with Crippen LogP contribution in [0.15, 0.2) is 59.0 Å². The molecule has 1 atom stereocenters. The number of para-hydroxylation sites is 1. The maximum absolute atomic E-state index is 14.5. The fraction of sp³-hybridized carbons (Fsp3) is 0.273. The van der Waals surface area contributed by atoms with E-state index in [9.17, 15) is 26.8 Å². The van der Waals surface area contributed by atoms with Crippen molar-refractivity contribution in [1.29, 1.82) is 0 Å². The number of benzene rings is 3. The van der Waals surface area contributed by atoms with E-state index >= 15 is 0 Å². The van der Waals surface area contributed by atoms with E-state index in [1.54, 1.807) is 36.1 Å². The number of aromatic amines is 1. The minimum Gasteiger partial charge on any atom is -0.455 e. The maximum Gasteiger partial charge on any atom is 0.270 e. The third-order valence-corrected chi connectivity index (χ3v) is 9.83. The fourth-order valence-electron chi connectivity index (χ4n) is 6.19. The Hall–Kier alpha value is -4.71. The van der Waals surface area contributed by atoms with Crippen molar-refractivity contribution in [2.75, 3.05) is 37.7 Å². The van der Waals surface area contributed by atoms with E-state index in [4.69, 9.17) is 4.42 Å². The number of aromatic nitrogens is 1. The Bertz CT molecular complexity index is 2090. The van der Waals surface area contributed by atoms with Gasteiger partial charge in [-0.05, 0) is 67.3 Å². The summed E-state index contributed by atoms with van der Waals surface area (Å²) in [4.78, 5) is 31.7. The number of fused-ring (bicyclic) bond motifs is 2. The van der Waals surface area contributed by atoms with Crippen LogP contribution in [0.2, 0.25) is 0 Å². The van der Waals surface area contributed by atoms with Crippen molar-refractivity contribution in [3.63, 3.8) is 0 Å². The van der Waals surface area contributed by atoms with Gasteiger partial charge in [0.15, 0.2) is 0 Å². The van der Waals surface area contributed by atoms with Crippen LogP contribution < -0.4 is 9.62 Å². The Morgan fingerprint density at radius 2 is 1.82 bits per heavy atom. The highest BCUT2D eigenvalue weighted by Crippen LogP contribution is 2.42. The van der Waals surface area contributed by atoms with Crippen LogP contribution in [-0.2, 0) is 10.0 Å². The number of halogens is 2. The van der Waals surface area contributed by atoms with Crippen LogP contribution in [0.25, 0.3) is 33.2 Å². The molecule has 0 spiro atoms. The molecule has 3 aromatic carbocycles. The third-order valence-electron chi connectivity index (χ3n) is 8.64. The van der Waals surface area contributed by atoms with Gasteiger partial charge in [-0.1, -0.05) is 12.1 Å². The monoisotopic (exact) mass is 634 g/mol. The zero-order valence-corrected chi connectivity index (χ0v) is 26.0. The molecular weight excluding hydrogens is 602 g/mol.